The van der Waals surface area contributed by atoms with E-state index in [-0.39, 0.29) is 18.7 Å². The van der Waals surface area contributed by atoms with Gasteiger partial charge in [-0.1, -0.05) is 43.8 Å². The largest absolute Gasteiger partial charge is 0.480 e. The van der Waals surface area contributed by atoms with Gasteiger partial charge in [0.15, 0.2) is 0 Å². The van der Waals surface area contributed by atoms with Gasteiger partial charge < -0.3 is 25.2 Å². The van der Waals surface area contributed by atoms with Crippen molar-refractivity contribution >= 4 is 35.6 Å². The van der Waals surface area contributed by atoms with Crippen LogP contribution in [-0.2, 0) is 20.7 Å². The van der Waals surface area contributed by atoms with Gasteiger partial charge in [0.2, 0.25) is 0 Å². The molecule has 12 heteroatoms. The van der Waals surface area contributed by atoms with Crippen molar-refractivity contribution in [2.75, 3.05) is 13.2 Å². The topological polar surface area (TPSA) is 157 Å². The van der Waals surface area contributed by atoms with Crippen LogP contribution in [0.4, 0.5) is 15.3 Å². The molecule has 2 aromatic carbocycles. The van der Waals surface area contributed by atoms with Crippen LogP contribution in [0.2, 0.25) is 0 Å². The molecule has 0 fully saturated rings. The Hall–Kier alpha value is -3.80. The van der Waals surface area contributed by atoms with Crippen LogP contribution in [0.5, 0.6) is 0 Å². The highest BCUT2D eigenvalue weighted by molar-refractivity contribution is 7.99. The van der Waals surface area contributed by atoms with E-state index in [2.05, 4.69) is 10.6 Å². The number of carboxylic acid groups (broad SMARTS) is 1. The Morgan fingerprint density at radius 2 is 1.78 bits per heavy atom. The second kappa shape index (κ2) is 15.8. The smallest absolute Gasteiger partial charge is 0.407 e. The molecule has 11 nitrogen and oxygen atoms in total. The Morgan fingerprint density at radius 1 is 1.10 bits per heavy atom. The van der Waals surface area contributed by atoms with Crippen molar-refractivity contribution in [3.63, 3.8) is 0 Å². The molecule has 224 valence electrons. The molecule has 0 spiro atoms. The Balaban J connectivity index is 1.97. The number of benzene rings is 2. The Labute approximate surface area is 244 Å². The summed E-state index contributed by atoms with van der Waals surface area (Å²) < 4.78 is 10.4. The predicted molar refractivity (Wildman–Crippen MR) is 155 cm³/mol. The number of hydrogen-bond acceptors (Lipinski definition) is 8. The first kappa shape index (κ1) is 33.4. The van der Waals surface area contributed by atoms with E-state index in [0.717, 1.165) is 15.4 Å². The molecule has 0 saturated heterocycles. The fraction of sp³-hybridized carbons (Fsp3) is 0.483. The second-order valence-electron chi connectivity index (χ2n) is 10.5. The quantitative estimate of drug-likeness (QED) is 0.131. The van der Waals surface area contributed by atoms with Crippen molar-refractivity contribution in [3.8, 4) is 0 Å². The first-order valence-corrected chi connectivity index (χ1v) is 14.3. The number of aryl methyl sites for hydroxylation is 1. The van der Waals surface area contributed by atoms with Crippen molar-refractivity contribution in [2.45, 2.75) is 87.7 Å². The number of carboxylic acids is 1. The molecule has 0 saturated carbocycles. The number of nitrogens with zero attached hydrogens (tertiary/aromatic N) is 1. The lowest BCUT2D eigenvalue weighted by atomic mass is 9.97. The lowest BCUT2D eigenvalue weighted by molar-refractivity contribution is -0.385. The van der Waals surface area contributed by atoms with E-state index in [0.29, 0.717) is 31.4 Å². The van der Waals surface area contributed by atoms with E-state index in [1.54, 1.807) is 39.8 Å². The molecule has 0 radical (unpaired) electrons. The molecule has 0 heterocycles. The summed E-state index contributed by atoms with van der Waals surface area (Å²) in [6.45, 7) is 9.01. The third-order valence-electron chi connectivity index (χ3n) is 5.93. The van der Waals surface area contributed by atoms with Crippen molar-refractivity contribution in [1.82, 2.24) is 10.6 Å². The van der Waals surface area contributed by atoms with Gasteiger partial charge in [0.05, 0.1) is 4.92 Å². The summed E-state index contributed by atoms with van der Waals surface area (Å²) in [4.78, 5) is 49.0. The summed E-state index contributed by atoms with van der Waals surface area (Å²) in [5.41, 5.74) is 0.587. The van der Waals surface area contributed by atoms with Gasteiger partial charge in [0.25, 0.3) is 5.69 Å². The van der Waals surface area contributed by atoms with E-state index in [1.165, 1.54) is 11.8 Å². The van der Waals surface area contributed by atoms with Crippen LogP contribution in [0.25, 0.3) is 0 Å². The van der Waals surface area contributed by atoms with E-state index >= 15 is 0 Å². The summed E-state index contributed by atoms with van der Waals surface area (Å²) in [6.07, 6.45) is 0.150. The second-order valence-corrected chi connectivity index (χ2v) is 11.6. The third-order valence-corrected chi connectivity index (χ3v) is 7.04. The number of hydrogen-bond donors (Lipinski definition) is 3. The van der Waals surface area contributed by atoms with Gasteiger partial charge >= 0.3 is 18.2 Å². The highest BCUT2D eigenvalue weighted by atomic mass is 32.2. The minimum absolute atomic E-state index is 0.0563. The first-order chi connectivity index (χ1) is 19.3. The Kier molecular flexibility index (Phi) is 12.9. The van der Waals surface area contributed by atoms with Crippen molar-refractivity contribution in [1.29, 1.82) is 0 Å². The monoisotopic (exact) mass is 589 g/mol. The molecule has 0 aliphatic carbocycles. The maximum atomic E-state index is 12.4. The third kappa shape index (κ3) is 11.7. The zero-order chi connectivity index (χ0) is 30.6. The number of unbranched alkanes of at least 4 members (excludes halogenated alkanes) is 1. The van der Waals surface area contributed by atoms with Gasteiger partial charge in [-0.05, 0) is 70.2 Å². The molecular formula is C29H39N3O8S. The van der Waals surface area contributed by atoms with Crippen LogP contribution < -0.4 is 10.6 Å². The van der Waals surface area contributed by atoms with E-state index in [4.69, 9.17) is 9.47 Å². The number of alkyl carbamates (subject to hydrolysis) is 2. The van der Waals surface area contributed by atoms with E-state index in [1.807, 2.05) is 37.3 Å². The van der Waals surface area contributed by atoms with Crippen LogP contribution in [0.15, 0.2) is 52.3 Å². The number of nitrogens with one attached hydrogen (secondary N) is 2. The van der Waals surface area contributed by atoms with Crippen LogP contribution in [0.3, 0.4) is 0 Å². The minimum Gasteiger partial charge on any atom is -0.480 e. The number of nitro groups is 1. The Bertz CT molecular complexity index is 1200. The number of ether oxygens (including phenoxy) is 2. The lowest BCUT2D eigenvalue weighted by Gasteiger charge is -2.20. The summed E-state index contributed by atoms with van der Waals surface area (Å²) in [6, 6.07) is 11.8. The number of carbonyl (C=O) groups excluding carboxylic acids is 2. The molecule has 0 aliphatic rings. The number of amides is 2. The van der Waals surface area contributed by atoms with Gasteiger partial charge in [-0.25, -0.2) is 14.4 Å². The number of nitro benzene ring substituents is 1. The number of rotatable bonds is 14. The van der Waals surface area contributed by atoms with E-state index < -0.39 is 40.6 Å². The van der Waals surface area contributed by atoms with E-state index in [9.17, 15) is 29.6 Å². The average molecular weight is 590 g/mol. The molecular weight excluding hydrogens is 550 g/mol. The minimum atomic E-state index is -1.22. The SMILES string of the molecule is CCc1cc([N+](=O)[O-])c(C(C)COC(=O)NC(CCCCNC(=O)OC(C)(C)C)C(=O)O)cc1Sc1ccccc1. The van der Waals surface area contributed by atoms with Crippen molar-refractivity contribution in [2.24, 2.45) is 0 Å². The molecule has 2 amide bonds. The highest BCUT2D eigenvalue weighted by Crippen LogP contribution is 2.37. The molecule has 0 aliphatic heterocycles. The summed E-state index contributed by atoms with van der Waals surface area (Å²) in [7, 11) is 0. The summed E-state index contributed by atoms with van der Waals surface area (Å²) >= 11 is 1.50. The summed E-state index contributed by atoms with van der Waals surface area (Å²) in [5.74, 6) is -1.74. The van der Waals surface area contributed by atoms with Gasteiger partial charge in [0, 0.05) is 33.9 Å². The van der Waals surface area contributed by atoms with Crippen LogP contribution in [0, 0.1) is 10.1 Å². The van der Waals surface area contributed by atoms with Crippen LogP contribution in [0.1, 0.15) is 70.9 Å². The van der Waals surface area contributed by atoms with Gasteiger partial charge in [-0.2, -0.15) is 0 Å². The van der Waals surface area contributed by atoms with Crippen molar-refractivity contribution in [3.05, 3.63) is 63.7 Å². The normalized spacial score (nSPS) is 12.6. The van der Waals surface area contributed by atoms with Gasteiger partial charge in [0.1, 0.15) is 18.2 Å². The lowest BCUT2D eigenvalue weighted by Crippen LogP contribution is -2.41. The summed E-state index contributed by atoms with van der Waals surface area (Å²) in [5, 5.41) is 26.3. The van der Waals surface area contributed by atoms with Crippen LogP contribution >= 0.6 is 11.8 Å². The molecule has 41 heavy (non-hydrogen) atoms. The highest BCUT2D eigenvalue weighted by Gasteiger charge is 2.25. The molecule has 2 aromatic rings. The van der Waals surface area contributed by atoms with Gasteiger partial charge in [-0.15, -0.1) is 0 Å². The maximum absolute atomic E-state index is 12.4. The zero-order valence-electron chi connectivity index (χ0n) is 24.1. The maximum Gasteiger partial charge on any atom is 0.407 e. The molecule has 2 unspecified atom stereocenters. The number of aliphatic carboxylic acids is 1. The molecule has 2 atom stereocenters. The average Bonchev–Trinajstić information content (AvgIpc) is 2.90. The number of carbonyl (C=O) groups is 3. The standard InChI is InChI=1S/C29H39N3O8S/c1-6-20-16-24(32(37)38)22(17-25(20)41-21-12-8-7-9-13-21)19(2)18-39-28(36)31-23(26(33)34)14-10-11-15-30-27(35)40-29(3,4)5/h7-9,12-13,16-17,19,23H,6,10-11,14-15,18H2,1-5H3,(H,30,35)(H,31,36)(H,33,34). The molecule has 2 rings (SSSR count). The first-order valence-electron chi connectivity index (χ1n) is 13.5. The predicted octanol–water partition coefficient (Wildman–Crippen LogP) is 6.29. The molecule has 0 bridgehead atoms. The van der Waals surface area contributed by atoms with Gasteiger partial charge in [-0.3, -0.25) is 10.1 Å². The Morgan fingerprint density at radius 3 is 2.37 bits per heavy atom. The zero-order valence-corrected chi connectivity index (χ0v) is 24.9. The fourth-order valence-electron chi connectivity index (χ4n) is 3.88. The molecule has 3 N–H and O–H groups in total. The van der Waals surface area contributed by atoms with Crippen LogP contribution in [-0.4, -0.2) is 53.0 Å². The fourth-order valence-corrected chi connectivity index (χ4v) is 4.94. The molecule has 0 aromatic heterocycles. The van der Waals surface area contributed by atoms with Crippen molar-refractivity contribution < 1.29 is 33.9 Å².